The van der Waals surface area contributed by atoms with Gasteiger partial charge >= 0.3 is 14.6 Å². The molecule has 4 aromatic heterocycles. The van der Waals surface area contributed by atoms with E-state index in [1.165, 1.54) is 36.8 Å². The number of rotatable bonds is 41. The van der Waals surface area contributed by atoms with Crippen LogP contribution in [0.25, 0.3) is 22.3 Å². The lowest BCUT2D eigenvalue weighted by Crippen LogP contribution is -2.54. The van der Waals surface area contributed by atoms with Crippen molar-refractivity contribution < 1.29 is 99.6 Å². The molecule has 1 aromatic carbocycles. The van der Waals surface area contributed by atoms with Crippen LogP contribution in [-0.2, 0) is 90.4 Å². The molecule has 7 rings (SSSR count). The molecule has 91 heavy (non-hydrogen) atoms. The number of nitrogens with zero attached hydrogens (tertiary/aromatic N) is 8. The molecule has 2 aliphatic heterocycles. The summed E-state index contributed by atoms with van der Waals surface area (Å²) < 4.78 is 85.6. The second-order valence-corrected chi connectivity index (χ2v) is 25.9. The van der Waals surface area contributed by atoms with Crippen LogP contribution >= 0.6 is 26.0 Å². The summed E-state index contributed by atoms with van der Waals surface area (Å²) in [6, 6.07) is 4.29. The number of ether oxygens (including phenoxy) is 7. The Labute approximate surface area is 525 Å². The molecule has 0 spiro atoms. The zero-order valence-electron chi connectivity index (χ0n) is 50.3. The Morgan fingerprint density at radius 3 is 1.97 bits per heavy atom. The number of hydroxylamine groups is 1. The van der Waals surface area contributed by atoms with Crippen LogP contribution in [-0.4, -0.2) is 220 Å². The van der Waals surface area contributed by atoms with Gasteiger partial charge in [-0.3, -0.25) is 51.5 Å². The Balaban J connectivity index is 0.767. The Hall–Kier alpha value is -6.48. The van der Waals surface area contributed by atoms with Crippen LogP contribution < -0.4 is 37.8 Å². The van der Waals surface area contributed by atoms with E-state index in [2.05, 4.69) is 62.0 Å². The summed E-state index contributed by atoms with van der Waals surface area (Å²) in [6.07, 6.45) is 1.48. The van der Waals surface area contributed by atoms with E-state index in [9.17, 15) is 48.0 Å². The van der Waals surface area contributed by atoms with Crippen molar-refractivity contribution in [2.24, 2.45) is 5.92 Å². The number of fused-ring (bicyclic) bond motifs is 2. The summed E-state index contributed by atoms with van der Waals surface area (Å²) in [5.74, 6) is -2.98. The zero-order valence-corrected chi connectivity index (χ0v) is 52.9. The van der Waals surface area contributed by atoms with E-state index in [4.69, 9.17) is 57.3 Å². The molecule has 36 nitrogen and oxygen atoms in total. The van der Waals surface area contributed by atoms with Crippen LogP contribution in [0.4, 0.5) is 11.5 Å². The average Bonchev–Trinajstić information content (AvgIpc) is 1.66. The number of phosphoric acid groups is 1. The van der Waals surface area contributed by atoms with E-state index in [0.717, 1.165) is 0 Å². The van der Waals surface area contributed by atoms with Crippen molar-refractivity contribution in [1.82, 2.24) is 65.8 Å². The molecule has 2 aliphatic rings. The highest BCUT2D eigenvalue weighted by molar-refractivity contribution is 8.54. The molecule has 5 aromatic rings. The van der Waals surface area contributed by atoms with E-state index in [-0.39, 0.29) is 144 Å². The van der Waals surface area contributed by atoms with Gasteiger partial charge in [0.1, 0.15) is 74.7 Å². The third-order valence-electron chi connectivity index (χ3n) is 13.4. The van der Waals surface area contributed by atoms with Crippen molar-refractivity contribution in [3.63, 3.8) is 0 Å². The first kappa shape index (κ1) is 72.0. The van der Waals surface area contributed by atoms with Gasteiger partial charge in [0.15, 0.2) is 22.6 Å². The smallest absolute Gasteiger partial charge is 0.472 e. The number of nitrogens with one attached hydrogen (secondary N) is 6. The number of carbonyl (C=O) groups is 5. The van der Waals surface area contributed by atoms with Gasteiger partial charge in [0, 0.05) is 38.0 Å². The van der Waals surface area contributed by atoms with Crippen LogP contribution in [0, 0.1) is 5.92 Å². The quantitative estimate of drug-likeness (QED) is 0.0145. The lowest BCUT2D eigenvalue weighted by Gasteiger charge is -2.24. The monoisotopic (exact) mass is 1340 g/mol. The van der Waals surface area contributed by atoms with Gasteiger partial charge < -0.3 is 80.4 Å². The topological polar surface area (TPSA) is 467 Å². The maximum Gasteiger partial charge on any atom is 0.472 e. The summed E-state index contributed by atoms with van der Waals surface area (Å²) in [4.78, 5) is 114. The number of anilines is 2. The van der Waals surface area contributed by atoms with Crippen LogP contribution in [0.15, 0.2) is 49.6 Å². The predicted octanol–water partition coefficient (Wildman–Crippen LogP) is 0.522. The van der Waals surface area contributed by atoms with Crippen molar-refractivity contribution in [3.8, 4) is 5.88 Å². The highest BCUT2D eigenvalue weighted by atomic mass is 32.7. The fourth-order valence-corrected chi connectivity index (χ4v) is 12.1. The largest absolute Gasteiger partial charge is 0.492 e. The molecular weight excluding hydrogens is 1260 g/mol. The van der Waals surface area contributed by atoms with Gasteiger partial charge in [-0.15, -0.1) is 0 Å². The van der Waals surface area contributed by atoms with Crippen LogP contribution in [0.5, 0.6) is 5.88 Å². The molecule has 9 atom stereocenters. The van der Waals surface area contributed by atoms with Crippen molar-refractivity contribution in [2.45, 2.75) is 88.6 Å². The molecule has 502 valence electrons. The van der Waals surface area contributed by atoms with E-state index >= 15 is 0 Å². The highest BCUT2D eigenvalue weighted by Crippen LogP contribution is 2.58. The number of hydrogen-bond acceptors (Lipinski definition) is 28. The number of nitrogen functional groups attached to an aromatic ring is 1. The lowest BCUT2D eigenvalue weighted by atomic mass is 10.0. The maximum atomic E-state index is 13.5. The second kappa shape index (κ2) is 36.1. The van der Waals surface area contributed by atoms with E-state index in [1.807, 2.05) is 0 Å². The molecule has 39 heteroatoms. The first-order valence-corrected chi connectivity index (χ1v) is 33.4. The van der Waals surface area contributed by atoms with E-state index in [0.29, 0.717) is 47.7 Å². The van der Waals surface area contributed by atoms with Crippen LogP contribution in [0.3, 0.4) is 0 Å². The number of carbonyl (C=O) groups excluding carboxylic acids is 5. The predicted molar refractivity (Wildman–Crippen MR) is 321 cm³/mol. The van der Waals surface area contributed by atoms with Gasteiger partial charge in [-0.05, 0) is 54.8 Å². The van der Waals surface area contributed by atoms with Crippen molar-refractivity contribution >= 4 is 89.4 Å². The molecule has 0 bridgehead atoms. The summed E-state index contributed by atoms with van der Waals surface area (Å²) in [5.41, 5.74) is 10.5. The van der Waals surface area contributed by atoms with Gasteiger partial charge in [-0.25, -0.2) is 39.5 Å². The number of aromatic nitrogens is 8. The van der Waals surface area contributed by atoms with Crippen molar-refractivity contribution in [3.05, 3.63) is 55.1 Å². The number of hydrogen-bond donors (Lipinski definition) is 10. The van der Waals surface area contributed by atoms with E-state index in [1.54, 1.807) is 49.7 Å². The van der Waals surface area contributed by atoms with Crippen LogP contribution in [0.1, 0.15) is 58.1 Å². The maximum absolute atomic E-state index is 13.5. The average molecular weight is 1340 g/mol. The molecule has 0 radical (unpaired) electrons. The SMILES string of the molecule is CNOCCOCC(=O)NCCOCCOCC(=O)NCCOCCOCC(=O)N[C@H](C(=O)N[C@@H](C)C(=O)Nc1ccc(CSP(=O)(O)OC[C@H]2O[C@@H](n3cnc4c(N)ncnc43)C[C@@H]2OP(=O)(O)OC[C@@H]2CC[C@H](n3cnc4c(O)ncnc43)O2)cc1)C(C)C. The summed E-state index contributed by atoms with van der Waals surface area (Å²) >= 11 is 0.583. The number of benzene rings is 1. The highest BCUT2D eigenvalue weighted by Gasteiger charge is 2.44. The number of amides is 5. The fourth-order valence-electron chi connectivity index (χ4n) is 8.84. The summed E-state index contributed by atoms with van der Waals surface area (Å²) in [6.45, 7) is 0.952. The number of aromatic hydroxyl groups is 1. The van der Waals surface area contributed by atoms with Crippen LogP contribution in [0.2, 0.25) is 0 Å². The minimum absolute atomic E-state index is 0.0275. The second-order valence-electron chi connectivity index (χ2n) is 20.5. The Morgan fingerprint density at radius 2 is 1.31 bits per heavy atom. The van der Waals surface area contributed by atoms with Gasteiger partial charge in [-0.1, -0.05) is 26.0 Å². The molecule has 0 saturated carbocycles. The first-order chi connectivity index (χ1) is 43.7. The Kier molecular flexibility index (Phi) is 28.5. The van der Waals surface area contributed by atoms with Crippen molar-refractivity contribution in [2.75, 3.05) is 117 Å². The lowest BCUT2D eigenvalue weighted by molar-refractivity contribution is -0.133. The van der Waals surface area contributed by atoms with Gasteiger partial charge in [0.25, 0.3) is 0 Å². The molecular formula is C52H77N15O21P2S. The third-order valence-corrected chi connectivity index (χ3v) is 17.4. The van der Waals surface area contributed by atoms with Crippen molar-refractivity contribution in [1.29, 1.82) is 0 Å². The molecule has 2 saturated heterocycles. The minimum Gasteiger partial charge on any atom is -0.492 e. The first-order valence-electron chi connectivity index (χ1n) is 28.8. The molecule has 2 unspecified atom stereocenters. The summed E-state index contributed by atoms with van der Waals surface area (Å²) in [5, 5.41) is 23.3. The van der Waals surface area contributed by atoms with Gasteiger partial charge in [0.05, 0.1) is 84.8 Å². The molecule has 2 fully saturated rings. The van der Waals surface area contributed by atoms with E-state index < -0.39 is 81.8 Å². The molecule has 6 heterocycles. The summed E-state index contributed by atoms with van der Waals surface area (Å²) in [7, 11) is -3.24. The molecule has 0 aliphatic carbocycles. The standard InChI is InChI=1S/C52H77N15O21P2S/c1-32(2)44(65-41(70)26-81-18-16-79-14-11-55-39(68)24-80-17-15-78-13-12-56-40(69)25-82-19-20-83-54-4)52(73)63-33(3)50(71)64-35-7-5-34(6-8-35)27-91-90(76,77)85-23-38-37(21-43(87-38)67-30-61-45-47(53)57-28-58-48(45)67)88-89(74,75)84-22-36-9-10-42(86-36)66-31-62-46-49(66)59-29-60-51(46)72/h5-8,28-33,36-38,42-44,54H,9-27H2,1-4H3,(H,55,68)(H,56,69)(H,63,73)(H,64,71)(H,65,70)(H,74,75)(H,76,77)(H2,53,57,58)(H,59,60,72)/t33-,36-,37-,38+,42+,43+,44-/m0/s1. The molecule has 11 N–H and O–H groups in total. The minimum atomic E-state index is -4.87. The normalized spacial score (nSPS) is 19.4. The van der Waals surface area contributed by atoms with Gasteiger partial charge in [-0.2, -0.15) is 4.98 Å². The number of imidazole rings is 2. The van der Waals surface area contributed by atoms with Gasteiger partial charge in [0.2, 0.25) is 35.4 Å². The third kappa shape index (κ3) is 23.2. The Morgan fingerprint density at radius 1 is 0.703 bits per heavy atom. The molecule has 5 amide bonds. The Bertz CT molecular complexity index is 3260. The number of nitrogens with two attached hydrogens (primary N) is 1. The zero-order chi connectivity index (χ0) is 65.3. The number of phosphoric ester groups is 1. The fraction of sp³-hybridized carbons (Fsp3) is 0.596.